The zero-order valence-corrected chi connectivity index (χ0v) is 13.1. The smallest absolute Gasteiger partial charge is 0.119 e. The molecule has 0 spiro atoms. The maximum absolute atomic E-state index is 6.34. The topological polar surface area (TPSA) is 39.1 Å². The van der Waals surface area contributed by atoms with E-state index in [1.54, 1.807) is 7.11 Å². The Labute approximate surface area is 124 Å². The van der Waals surface area contributed by atoms with Gasteiger partial charge >= 0.3 is 0 Å². The number of rotatable bonds is 5. The number of aryl methyl sites for hydroxylation is 3. The summed E-state index contributed by atoms with van der Waals surface area (Å²) < 4.78 is 7.05. The number of aromatic nitrogens is 2. The second-order valence-corrected chi connectivity index (χ2v) is 5.10. The predicted molar refractivity (Wildman–Crippen MR) is 82.7 cm³/mol. The number of methoxy groups -OCH3 is 1. The van der Waals surface area contributed by atoms with E-state index >= 15 is 0 Å². The summed E-state index contributed by atoms with van der Waals surface area (Å²) in [4.78, 5) is 0. The summed E-state index contributed by atoms with van der Waals surface area (Å²) >= 11 is 6.34. The molecular formula is C15H20ClN3O. The highest BCUT2D eigenvalue weighted by molar-refractivity contribution is 6.31. The number of nitrogens with zero attached hydrogens (tertiary/aromatic N) is 2. The van der Waals surface area contributed by atoms with E-state index in [9.17, 15) is 0 Å². The van der Waals surface area contributed by atoms with Gasteiger partial charge in [0.05, 0.1) is 30.1 Å². The summed E-state index contributed by atoms with van der Waals surface area (Å²) in [6, 6.07) is 5.96. The number of nitrogens with one attached hydrogen (secondary N) is 1. The first kappa shape index (κ1) is 14.7. The molecule has 0 radical (unpaired) electrons. The summed E-state index contributed by atoms with van der Waals surface area (Å²) in [7, 11) is 3.59. The van der Waals surface area contributed by atoms with Crippen LogP contribution in [0.3, 0.4) is 0 Å². The zero-order valence-electron chi connectivity index (χ0n) is 12.3. The Bertz CT molecular complexity index is 607. The van der Waals surface area contributed by atoms with Gasteiger partial charge in [-0.15, -0.1) is 0 Å². The SMILES string of the molecule is CCc1nn(C)c(CNc2ccc(OC)cc2C)c1Cl. The molecule has 0 bridgehead atoms. The highest BCUT2D eigenvalue weighted by Crippen LogP contribution is 2.24. The van der Waals surface area contributed by atoms with Gasteiger partial charge in [0, 0.05) is 12.7 Å². The molecule has 1 heterocycles. The third-order valence-electron chi connectivity index (χ3n) is 3.38. The van der Waals surface area contributed by atoms with Crippen LogP contribution in [0, 0.1) is 6.92 Å². The lowest BCUT2D eigenvalue weighted by Gasteiger charge is -2.11. The van der Waals surface area contributed by atoms with Gasteiger partial charge in [-0.05, 0) is 37.1 Å². The predicted octanol–water partition coefficient (Wildman–Crippen LogP) is 3.57. The molecule has 2 aromatic rings. The molecular weight excluding hydrogens is 274 g/mol. The molecule has 2 rings (SSSR count). The first-order valence-corrected chi connectivity index (χ1v) is 7.03. The van der Waals surface area contributed by atoms with Gasteiger partial charge in [-0.1, -0.05) is 18.5 Å². The van der Waals surface area contributed by atoms with E-state index in [1.165, 1.54) is 0 Å². The van der Waals surface area contributed by atoms with E-state index in [-0.39, 0.29) is 0 Å². The van der Waals surface area contributed by atoms with Crippen LogP contribution in [-0.2, 0) is 20.0 Å². The van der Waals surface area contributed by atoms with Gasteiger partial charge in [-0.25, -0.2) is 0 Å². The Kier molecular flexibility index (Phi) is 4.55. The molecule has 4 nitrogen and oxygen atoms in total. The van der Waals surface area contributed by atoms with Crippen molar-refractivity contribution in [3.8, 4) is 5.75 Å². The van der Waals surface area contributed by atoms with Crippen molar-refractivity contribution in [1.29, 1.82) is 0 Å². The molecule has 0 unspecified atom stereocenters. The van der Waals surface area contributed by atoms with Gasteiger partial charge in [0.15, 0.2) is 0 Å². The summed E-state index contributed by atoms with van der Waals surface area (Å²) in [5, 5.41) is 8.57. The van der Waals surface area contributed by atoms with E-state index in [0.717, 1.165) is 39.8 Å². The normalized spacial score (nSPS) is 10.7. The molecule has 108 valence electrons. The molecule has 0 atom stereocenters. The largest absolute Gasteiger partial charge is 0.497 e. The molecule has 0 saturated heterocycles. The number of ether oxygens (including phenoxy) is 1. The second kappa shape index (κ2) is 6.18. The van der Waals surface area contributed by atoms with Gasteiger partial charge in [-0.2, -0.15) is 5.10 Å². The van der Waals surface area contributed by atoms with Crippen LogP contribution in [0.5, 0.6) is 5.75 Å². The van der Waals surface area contributed by atoms with E-state index in [1.807, 2.05) is 36.9 Å². The van der Waals surface area contributed by atoms with Crippen molar-refractivity contribution in [1.82, 2.24) is 9.78 Å². The maximum atomic E-state index is 6.34. The maximum Gasteiger partial charge on any atom is 0.119 e. The van der Waals surface area contributed by atoms with Crippen LogP contribution in [0.4, 0.5) is 5.69 Å². The number of hydrogen-bond donors (Lipinski definition) is 1. The van der Waals surface area contributed by atoms with E-state index in [2.05, 4.69) is 17.3 Å². The van der Waals surface area contributed by atoms with Gasteiger partial charge in [0.25, 0.3) is 0 Å². The van der Waals surface area contributed by atoms with E-state index in [4.69, 9.17) is 16.3 Å². The molecule has 0 fully saturated rings. The van der Waals surface area contributed by atoms with Gasteiger partial charge in [-0.3, -0.25) is 4.68 Å². The Morgan fingerprint density at radius 1 is 1.40 bits per heavy atom. The third-order valence-corrected chi connectivity index (χ3v) is 3.82. The fourth-order valence-electron chi connectivity index (χ4n) is 2.15. The van der Waals surface area contributed by atoms with Gasteiger partial charge in [0.1, 0.15) is 5.75 Å². The Hall–Kier alpha value is -1.68. The minimum Gasteiger partial charge on any atom is -0.497 e. The first-order chi connectivity index (χ1) is 9.56. The van der Waals surface area contributed by atoms with Crippen molar-refractivity contribution in [2.45, 2.75) is 26.8 Å². The van der Waals surface area contributed by atoms with E-state index in [0.29, 0.717) is 6.54 Å². The standard InChI is InChI=1S/C15H20ClN3O/c1-5-12-15(16)14(19(3)18-12)9-17-13-7-6-11(20-4)8-10(13)2/h6-8,17H,5,9H2,1-4H3. The van der Waals surface area contributed by atoms with Crippen LogP contribution in [0.2, 0.25) is 5.02 Å². The number of benzene rings is 1. The summed E-state index contributed by atoms with van der Waals surface area (Å²) in [5.74, 6) is 0.861. The molecule has 0 aliphatic heterocycles. The van der Waals surface area contributed by atoms with Crippen molar-refractivity contribution in [2.75, 3.05) is 12.4 Å². The number of anilines is 1. The monoisotopic (exact) mass is 293 g/mol. The van der Waals surface area contributed by atoms with Crippen molar-refractivity contribution in [3.05, 3.63) is 40.2 Å². The molecule has 20 heavy (non-hydrogen) atoms. The summed E-state index contributed by atoms with van der Waals surface area (Å²) in [5.41, 5.74) is 4.15. The molecule has 0 saturated carbocycles. The lowest BCUT2D eigenvalue weighted by molar-refractivity contribution is 0.414. The molecule has 0 aliphatic carbocycles. The fraction of sp³-hybridized carbons (Fsp3) is 0.400. The molecule has 0 amide bonds. The Morgan fingerprint density at radius 3 is 2.70 bits per heavy atom. The number of hydrogen-bond acceptors (Lipinski definition) is 3. The molecule has 1 aromatic heterocycles. The van der Waals surface area contributed by atoms with Crippen LogP contribution >= 0.6 is 11.6 Å². The fourth-order valence-corrected chi connectivity index (χ4v) is 2.51. The minimum atomic E-state index is 0.648. The van der Waals surface area contributed by atoms with Gasteiger partial charge in [0.2, 0.25) is 0 Å². The Balaban J connectivity index is 2.15. The third kappa shape index (κ3) is 2.90. The van der Waals surface area contributed by atoms with E-state index < -0.39 is 0 Å². The average molecular weight is 294 g/mol. The van der Waals surface area contributed by atoms with Crippen LogP contribution < -0.4 is 10.1 Å². The lowest BCUT2D eigenvalue weighted by Crippen LogP contribution is -2.06. The van der Waals surface area contributed by atoms with Crippen molar-refractivity contribution < 1.29 is 4.74 Å². The van der Waals surface area contributed by atoms with Crippen LogP contribution in [-0.4, -0.2) is 16.9 Å². The Morgan fingerprint density at radius 2 is 2.15 bits per heavy atom. The van der Waals surface area contributed by atoms with Crippen LogP contribution in [0.15, 0.2) is 18.2 Å². The molecule has 1 aromatic carbocycles. The van der Waals surface area contributed by atoms with Crippen molar-refractivity contribution >= 4 is 17.3 Å². The highest BCUT2D eigenvalue weighted by atomic mass is 35.5. The molecule has 5 heteroatoms. The second-order valence-electron chi connectivity index (χ2n) is 4.72. The van der Waals surface area contributed by atoms with Crippen LogP contribution in [0.1, 0.15) is 23.9 Å². The molecule has 0 aliphatic rings. The lowest BCUT2D eigenvalue weighted by atomic mass is 10.2. The van der Waals surface area contributed by atoms with Gasteiger partial charge < -0.3 is 10.1 Å². The minimum absolute atomic E-state index is 0.648. The summed E-state index contributed by atoms with van der Waals surface area (Å²) in [6.45, 7) is 4.75. The zero-order chi connectivity index (χ0) is 14.7. The highest BCUT2D eigenvalue weighted by Gasteiger charge is 2.12. The average Bonchev–Trinajstić information content (AvgIpc) is 2.72. The van der Waals surface area contributed by atoms with Crippen molar-refractivity contribution in [3.63, 3.8) is 0 Å². The molecule has 1 N–H and O–H groups in total. The quantitative estimate of drug-likeness (QED) is 0.916. The number of halogens is 1. The first-order valence-electron chi connectivity index (χ1n) is 6.65. The van der Waals surface area contributed by atoms with Crippen LogP contribution in [0.25, 0.3) is 0 Å². The van der Waals surface area contributed by atoms with Crippen molar-refractivity contribution in [2.24, 2.45) is 7.05 Å². The summed E-state index contributed by atoms with van der Waals surface area (Å²) in [6.07, 6.45) is 0.842.